The molecule has 2 atom stereocenters. The smallest absolute Gasteiger partial charge is 0.201 e. The van der Waals surface area contributed by atoms with Crippen molar-refractivity contribution in [3.05, 3.63) is 89.5 Å². The molecular formula is C27H22F6O2. The summed E-state index contributed by atoms with van der Waals surface area (Å²) in [6.07, 6.45) is 2.64. The summed E-state index contributed by atoms with van der Waals surface area (Å²) < 4.78 is 99.0. The molecule has 3 aromatic carbocycles. The average molecular weight is 492 g/mol. The van der Waals surface area contributed by atoms with Crippen LogP contribution in [0.5, 0.6) is 5.75 Å². The lowest BCUT2D eigenvalue weighted by molar-refractivity contribution is 0.0320. The third kappa shape index (κ3) is 4.55. The Balaban J connectivity index is 1.70. The Morgan fingerprint density at radius 1 is 0.771 bits per heavy atom. The van der Waals surface area contributed by atoms with Gasteiger partial charge in [-0.05, 0) is 37.5 Å². The van der Waals surface area contributed by atoms with E-state index in [9.17, 15) is 26.3 Å². The van der Waals surface area contributed by atoms with E-state index >= 15 is 0 Å². The van der Waals surface area contributed by atoms with Gasteiger partial charge in [-0.15, -0.1) is 6.58 Å². The summed E-state index contributed by atoms with van der Waals surface area (Å²) in [5.74, 6) is -9.07. The maximum atomic E-state index is 15.0. The maximum Gasteiger partial charge on any atom is 0.201 e. The zero-order valence-corrected chi connectivity index (χ0v) is 18.8. The SMILES string of the molecule is C=CC1CCC(c2ccc(-c3ccc(-c4ccc(OCC)c(F)c4F)c(F)c3F)c(F)c2F)CO1. The van der Waals surface area contributed by atoms with Crippen LogP contribution in [0.25, 0.3) is 22.3 Å². The largest absolute Gasteiger partial charge is 0.491 e. The number of rotatable bonds is 6. The van der Waals surface area contributed by atoms with Crippen LogP contribution in [-0.4, -0.2) is 19.3 Å². The van der Waals surface area contributed by atoms with Gasteiger partial charge in [-0.25, -0.2) is 22.0 Å². The normalized spacial score (nSPS) is 17.9. The molecule has 0 aromatic heterocycles. The first-order valence-electron chi connectivity index (χ1n) is 11.1. The Bertz CT molecular complexity index is 1270. The molecule has 0 aliphatic carbocycles. The van der Waals surface area contributed by atoms with Crippen LogP contribution in [0.15, 0.2) is 49.1 Å². The van der Waals surface area contributed by atoms with Crippen LogP contribution in [0.1, 0.15) is 31.2 Å². The maximum absolute atomic E-state index is 15.0. The lowest BCUT2D eigenvalue weighted by atomic mass is 9.89. The van der Waals surface area contributed by atoms with E-state index in [0.29, 0.717) is 12.8 Å². The number of benzene rings is 3. The second-order valence-electron chi connectivity index (χ2n) is 8.17. The molecule has 1 aliphatic heterocycles. The summed E-state index contributed by atoms with van der Waals surface area (Å²) >= 11 is 0. The molecule has 2 unspecified atom stereocenters. The Labute approximate surface area is 198 Å². The van der Waals surface area contributed by atoms with Crippen molar-refractivity contribution in [3.63, 3.8) is 0 Å². The molecule has 0 bridgehead atoms. The minimum Gasteiger partial charge on any atom is -0.491 e. The fraction of sp³-hybridized carbons (Fsp3) is 0.259. The second kappa shape index (κ2) is 10.2. The monoisotopic (exact) mass is 492 g/mol. The Hall–Kier alpha value is -3.26. The van der Waals surface area contributed by atoms with Gasteiger partial charge in [-0.3, -0.25) is 0 Å². The minimum absolute atomic E-state index is 0.0808. The molecule has 0 radical (unpaired) electrons. The molecule has 0 amide bonds. The van der Waals surface area contributed by atoms with Gasteiger partial charge in [0.15, 0.2) is 34.8 Å². The molecule has 2 nitrogen and oxygen atoms in total. The van der Waals surface area contributed by atoms with Crippen molar-refractivity contribution in [2.45, 2.75) is 31.8 Å². The van der Waals surface area contributed by atoms with E-state index in [1.165, 1.54) is 12.1 Å². The standard InChI is InChI=1S/C27H22F6O2/c1-3-15-6-5-14(13-35-15)16-7-8-17(23(29)22(16)28)18-9-10-19(25(31)24(18)30)20-11-12-21(34-4-2)27(33)26(20)32/h3,7-12,14-15H,1,4-6,13H2,2H3. The van der Waals surface area contributed by atoms with Crippen molar-refractivity contribution < 1.29 is 35.8 Å². The van der Waals surface area contributed by atoms with Crippen LogP contribution in [-0.2, 0) is 4.74 Å². The van der Waals surface area contributed by atoms with Gasteiger partial charge in [0.1, 0.15) is 0 Å². The molecule has 184 valence electrons. The van der Waals surface area contributed by atoms with Crippen molar-refractivity contribution in [3.8, 4) is 28.0 Å². The lowest BCUT2D eigenvalue weighted by Gasteiger charge is -2.28. The third-order valence-electron chi connectivity index (χ3n) is 6.14. The minimum atomic E-state index is -1.52. The highest BCUT2D eigenvalue weighted by atomic mass is 19.2. The van der Waals surface area contributed by atoms with Gasteiger partial charge >= 0.3 is 0 Å². The summed E-state index contributed by atoms with van der Waals surface area (Å²) in [6, 6.07) is 6.63. The van der Waals surface area contributed by atoms with Gasteiger partial charge in [0.05, 0.1) is 19.3 Å². The quantitative estimate of drug-likeness (QED) is 0.259. The molecule has 1 heterocycles. The van der Waals surface area contributed by atoms with Crippen molar-refractivity contribution in [2.24, 2.45) is 0 Å². The van der Waals surface area contributed by atoms with Gasteiger partial charge in [0, 0.05) is 28.2 Å². The van der Waals surface area contributed by atoms with Crippen LogP contribution < -0.4 is 4.74 Å². The van der Waals surface area contributed by atoms with E-state index in [-0.39, 0.29) is 30.6 Å². The zero-order chi connectivity index (χ0) is 25.3. The van der Waals surface area contributed by atoms with E-state index in [0.717, 1.165) is 24.3 Å². The summed E-state index contributed by atoms with van der Waals surface area (Å²) in [4.78, 5) is 0. The number of halogens is 6. The third-order valence-corrected chi connectivity index (χ3v) is 6.14. The molecule has 8 heteroatoms. The number of hydrogen-bond donors (Lipinski definition) is 0. The van der Waals surface area contributed by atoms with E-state index in [1.54, 1.807) is 13.0 Å². The van der Waals surface area contributed by atoms with E-state index in [2.05, 4.69) is 6.58 Å². The fourth-order valence-electron chi connectivity index (χ4n) is 4.26. The highest BCUT2D eigenvalue weighted by Crippen LogP contribution is 2.38. The molecule has 0 N–H and O–H groups in total. The first-order valence-corrected chi connectivity index (χ1v) is 11.1. The van der Waals surface area contributed by atoms with Crippen molar-refractivity contribution in [1.29, 1.82) is 0 Å². The number of hydrogen-bond acceptors (Lipinski definition) is 2. The first-order chi connectivity index (χ1) is 16.8. The van der Waals surface area contributed by atoms with Crippen LogP contribution in [0.4, 0.5) is 26.3 Å². The fourth-order valence-corrected chi connectivity index (χ4v) is 4.26. The van der Waals surface area contributed by atoms with Crippen LogP contribution in [0.2, 0.25) is 0 Å². The van der Waals surface area contributed by atoms with Gasteiger partial charge in [0.2, 0.25) is 5.82 Å². The molecular weight excluding hydrogens is 470 g/mol. The van der Waals surface area contributed by atoms with Crippen molar-refractivity contribution >= 4 is 0 Å². The predicted molar refractivity (Wildman–Crippen MR) is 120 cm³/mol. The Morgan fingerprint density at radius 3 is 1.80 bits per heavy atom. The molecule has 3 aromatic rings. The second-order valence-corrected chi connectivity index (χ2v) is 8.17. The summed E-state index contributed by atoms with van der Waals surface area (Å²) in [5, 5.41) is 0. The van der Waals surface area contributed by atoms with Crippen molar-refractivity contribution in [1.82, 2.24) is 0 Å². The predicted octanol–water partition coefficient (Wildman–Crippen LogP) is 7.70. The van der Waals surface area contributed by atoms with Crippen LogP contribution >= 0.6 is 0 Å². The zero-order valence-electron chi connectivity index (χ0n) is 18.8. The molecule has 0 saturated carbocycles. The van der Waals surface area contributed by atoms with Gasteiger partial charge in [-0.1, -0.05) is 30.3 Å². The first kappa shape index (κ1) is 24.9. The van der Waals surface area contributed by atoms with Crippen LogP contribution in [0, 0.1) is 34.9 Å². The van der Waals surface area contributed by atoms with E-state index in [4.69, 9.17) is 9.47 Å². The summed E-state index contributed by atoms with van der Waals surface area (Å²) in [7, 11) is 0. The highest BCUT2D eigenvalue weighted by Gasteiger charge is 2.28. The van der Waals surface area contributed by atoms with E-state index < -0.39 is 63.1 Å². The molecule has 1 aliphatic rings. The molecule has 4 rings (SSSR count). The Kier molecular flexibility index (Phi) is 7.21. The lowest BCUT2D eigenvalue weighted by Crippen LogP contribution is -2.23. The highest BCUT2D eigenvalue weighted by molar-refractivity contribution is 5.73. The molecule has 1 saturated heterocycles. The molecule has 0 spiro atoms. The molecule has 35 heavy (non-hydrogen) atoms. The van der Waals surface area contributed by atoms with Gasteiger partial charge < -0.3 is 9.47 Å². The number of ether oxygens (including phenoxy) is 2. The van der Waals surface area contributed by atoms with Gasteiger partial charge in [0.25, 0.3) is 0 Å². The summed E-state index contributed by atoms with van der Waals surface area (Å²) in [5.41, 5.74) is -2.07. The van der Waals surface area contributed by atoms with Crippen molar-refractivity contribution in [2.75, 3.05) is 13.2 Å². The molecule has 1 fully saturated rings. The Morgan fingerprint density at radius 2 is 1.29 bits per heavy atom. The van der Waals surface area contributed by atoms with E-state index in [1.807, 2.05) is 0 Å². The topological polar surface area (TPSA) is 18.5 Å². The summed E-state index contributed by atoms with van der Waals surface area (Å²) in [6.45, 7) is 5.48. The van der Waals surface area contributed by atoms with Crippen LogP contribution in [0.3, 0.4) is 0 Å². The van der Waals surface area contributed by atoms with Gasteiger partial charge in [-0.2, -0.15) is 4.39 Å². The average Bonchev–Trinajstić information content (AvgIpc) is 2.86.